The van der Waals surface area contributed by atoms with E-state index in [1.807, 2.05) is 4.90 Å². The van der Waals surface area contributed by atoms with Crippen LogP contribution >= 0.6 is 11.3 Å². The SMILES string of the molecule is CC(=O)N1CCc2nc(-c3ccc(O[C@H]4C[C@H](N5CCCCC5)C4)cc3)sc2C1. The van der Waals surface area contributed by atoms with Gasteiger partial charge < -0.3 is 14.5 Å². The van der Waals surface area contributed by atoms with E-state index in [1.54, 1.807) is 18.3 Å². The van der Waals surface area contributed by atoms with Crippen molar-refractivity contribution in [2.45, 2.75) is 64.1 Å². The van der Waals surface area contributed by atoms with Crippen molar-refractivity contribution in [1.82, 2.24) is 14.8 Å². The van der Waals surface area contributed by atoms with E-state index in [2.05, 4.69) is 29.2 Å². The lowest BCUT2D eigenvalue weighted by atomic mass is 9.86. The molecule has 1 aliphatic carbocycles. The van der Waals surface area contributed by atoms with E-state index < -0.39 is 0 Å². The number of amides is 1. The first-order valence-corrected chi connectivity index (χ1v) is 11.7. The molecule has 0 unspecified atom stereocenters. The fraction of sp³-hybridized carbons (Fsp3) is 0.565. The van der Waals surface area contributed by atoms with Crippen LogP contribution in [0.15, 0.2) is 24.3 Å². The van der Waals surface area contributed by atoms with Crippen LogP contribution in [0.3, 0.4) is 0 Å². The number of hydrogen-bond donors (Lipinski definition) is 0. The molecule has 1 aromatic heterocycles. The number of piperidine rings is 1. The molecule has 5 rings (SSSR count). The summed E-state index contributed by atoms with van der Waals surface area (Å²) in [5, 5.41) is 1.04. The summed E-state index contributed by atoms with van der Waals surface area (Å²) < 4.78 is 6.20. The van der Waals surface area contributed by atoms with Gasteiger partial charge in [0.2, 0.25) is 5.91 Å². The number of carbonyl (C=O) groups excluding carboxylic acids is 1. The third kappa shape index (κ3) is 4.05. The molecule has 29 heavy (non-hydrogen) atoms. The van der Waals surface area contributed by atoms with Gasteiger partial charge in [-0.2, -0.15) is 0 Å². The topological polar surface area (TPSA) is 45.7 Å². The molecule has 0 atom stereocenters. The van der Waals surface area contributed by atoms with Gasteiger partial charge in [-0.25, -0.2) is 4.98 Å². The summed E-state index contributed by atoms with van der Waals surface area (Å²) in [7, 11) is 0. The molecule has 0 spiro atoms. The molecule has 5 nitrogen and oxygen atoms in total. The van der Waals surface area contributed by atoms with Crippen LogP contribution in [0.4, 0.5) is 0 Å². The lowest BCUT2D eigenvalue weighted by Gasteiger charge is -2.44. The number of rotatable bonds is 4. The quantitative estimate of drug-likeness (QED) is 0.760. The number of benzene rings is 1. The Balaban J connectivity index is 1.18. The molecule has 2 aromatic rings. The maximum absolute atomic E-state index is 11.6. The predicted molar refractivity (Wildman–Crippen MR) is 115 cm³/mol. The normalized spacial score (nSPS) is 24.7. The number of likely N-dealkylation sites (tertiary alicyclic amines) is 1. The number of ether oxygens (including phenoxy) is 1. The van der Waals surface area contributed by atoms with Gasteiger partial charge in [-0.15, -0.1) is 11.3 Å². The number of nitrogens with zero attached hydrogens (tertiary/aromatic N) is 3. The van der Waals surface area contributed by atoms with E-state index in [0.29, 0.717) is 12.6 Å². The van der Waals surface area contributed by atoms with Gasteiger partial charge >= 0.3 is 0 Å². The molecule has 3 aliphatic rings. The third-order valence-corrected chi connectivity index (χ3v) is 7.69. The van der Waals surface area contributed by atoms with Crippen LogP contribution in [0.2, 0.25) is 0 Å². The number of carbonyl (C=O) groups is 1. The van der Waals surface area contributed by atoms with Crippen molar-refractivity contribution in [3.05, 3.63) is 34.8 Å². The van der Waals surface area contributed by atoms with Gasteiger partial charge in [-0.05, 0) is 50.2 Å². The highest BCUT2D eigenvalue weighted by Gasteiger charge is 2.35. The summed E-state index contributed by atoms with van der Waals surface area (Å²) >= 11 is 1.71. The van der Waals surface area contributed by atoms with Crippen molar-refractivity contribution < 1.29 is 9.53 Å². The molecule has 1 aromatic carbocycles. The Morgan fingerprint density at radius 1 is 1.10 bits per heavy atom. The lowest BCUT2D eigenvalue weighted by molar-refractivity contribution is -0.129. The molecule has 1 saturated carbocycles. The Hall–Kier alpha value is -1.92. The van der Waals surface area contributed by atoms with Crippen LogP contribution in [0.25, 0.3) is 10.6 Å². The second-order valence-corrected chi connectivity index (χ2v) is 9.65. The fourth-order valence-electron chi connectivity index (χ4n) is 4.67. The second-order valence-electron chi connectivity index (χ2n) is 8.57. The summed E-state index contributed by atoms with van der Waals surface area (Å²) in [6, 6.07) is 9.11. The van der Waals surface area contributed by atoms with E-state index in [9.17, 15) is 4.79 Å². The average molecular weight is 412 g/mol. The zero-order chi connectivity index (χ0) is 19.8. The van der Waals surface area contributed by atoms with Crippen LogP contribution in [-0.2, 0) is 17.8 Å². The van der Waals surface area contributed by atoms with E-state index >= 15 is 0 Å². The minimum Gasteiger partial charge on any atom is -0.490 e. The number of aromatic nitrogens is 1. The third-order valence-electron chi connectivity index (χ3n) is 6.56. The van der Waals surface area contributed by atoms with Gasteiger partial charge in [-0.3, -0.25) is 4.79 Å². The van der Waals surface area contributed by atoms with Crippen LogP contribution in [-0.4, -0.2) is 52.5 Å². The molecule has 0 bridgehead atoms. The highest BCUT2D eigenvalue weighted by molar-refractivity contribution is 7.15. The number of thiazole rings is 1. The maximum Gasteiger partial charge on any atom is 0.219 e. The Morgan fingerprint density at radius 3 is 2.59 bits per heavy atom. The summed E-state index contributed by atoms with van der Waals surface area (Å²) in [6.45, 7) is 5.66. The average Bonchev–Trinajstić information content (AvgIpc) is 3.15. The molecule has 1 saturated heterocycles. The van der Waals surface area contributed by atoms with E-state index in [0.717, 1.165) is 53.9 Å². The summed E-state index contributed by atoms with van der Waals surface area (Å²) in [4.78, 5) is 22.3. The predicted octanol–water partition coefficient (Wildman–Crippen LogP) is 4.11. The zero-order valence-corrected chi connectivity index (χ0v) is 17.9. The highest BCUT2D eigenvalue weighted by Crippen LogP contribution is 2.34. The molecule has 6 heteroatoms. The maximum atomic E-state index is 11.6. The van der Waals surface area contributed by atoms with Crippen molar-refractivity contribution in [3.63, 3.8) is 0 Å². The molecule has 154 valence electrons. The van der Waals surface area contributed by atoms with E-state index in [1.165, 1.54) is 37.2 Å². The summed E-state index contributed by atoms with van der Waals surface area (Å²) in [5.41, 5.74) is 2.28. The monoisotopic (exact) mass is 411 g/mol. The van der Waals surface area contributed by atoms with Crippen molar-refractivity contribution in [1.29, 1.82) is 0 Å². The molecular weight excluding hydrogens is 382 g/mol. The Kier molecular flexibility index (Phi) is 5.31. The highest BCUT2D eigenvalue weighted by atomic mass is 32.1. The first-order chi connectivity index (χ1) is 14.2. The van der Waals surface area contributed by atoms with Gasteiger partial charge in [-0.1, -0.05) is 6.42 Å². The van der Waals surface area contributed by atoms with Gasteiger partial charge in [0, 0.05) is 49.2 Å². The zero-order valence-electron chi connectivity index (χ0n) is 17.1. The molecule has 0 N–H and O–H groups in total. The Bertz CT molecular complexity index is 867. The van der Waals surface area contributed by atoms with Gasteiger partial charge in [0.05, 0.1) is 12.2 Å². The smallest absolute Gasteiger partial charge is 0.219 e. The fourth-order valence-corrected chi connectivity index (χ4v) is 5.80. The van der Waals surface area contributed by atoms with Crippen LogP contribution < -0.4 is 4.74 Å². The van der Waals surface area contributed by atoms with Gasteiger partial charge in [0.15, 0.2) is 0 Å². The van der Waals surface area contributed by atoms with E-state index in [4.69, 9.17) is 9.72 Å². The minimum absolute atomic E-state index is 0.144. The van der Waals surface area contributed by atoms with Crippen molar-refractivity contribution in [2.24, 2.45) is 0 Å². The molecule has 3 heterocycles. The van der Waals surface area contributed by atoms with E-state index in [-0.39, 0.29) is 5.91 Å². The van der Waals surface area contributed by atoms with Crippen molar-refractivity contribution >= 4 is 17.2 Å². The molecular formula is C23H29N3O2S. The molecule has 2 fully saturated rings. The largest absolute Gasteiger partial charge is 0.490 e. The summed E-state index contributed by atoms with van der Waals surface area (Å²) in [6.07, 6.45) is 7.64. The molecule has 1 amide bonds. The standard InChI is InChI=1S/C23H29N3O2S/c1-16(27)26-12-9-21-22(15-26)29-23(24-21)17-5-7-19(8-6-17)28-20-13-18(14-20)25-10-3-2-4-11-25/h5-8,18,20H,2-4,9-15H2,1H3/t18-,20-. The lowest BCUT2D eigenvalue weighted by Crippen LogP contribution is -2.50. The number of hydrogen-bond acceptors (Lipinski definition) is 5. The van der Waals surface area contributed by atoms with Crippen molar-refractivity contribution in [2.75, 3.05) is 19.6 Å². The summed E-state index contributed by atoms with van der Waals surface area (Å²) in [5.74, 6) is 1.10. The first kappa shape index (κ1) is 19.1. The Labute approximate surface area is 176 Å². The van der Waals surface area contributed by atoms with Gasteiger partial charge in [0.1, 0.15) is 16.9 Å². The molecule has 2 aliphatic heterocycles. The number of fused-ring (bicyclic) bond motifs is 1. The van der Waals surface area contributed by atoms with Crippen LogP contribution in [0.1, 0.15) is 49.6 Å². The first-order valence-electron chi connectivity index (χ1n) is 10.9. The van der Waals surface area contributed by atoms with Crippen LogP contribution in [0, 0.1) is 0 Å². The minimum atomic E-state index is 0.144. The second kappa shape index (κ2) is 8.07. The van der Waals surface area contributed by atoms with Crippen molar-refractivity contribution in [3.8, 4) is 16.3 Å². The van der Waals surface area contributed by atoms with Gasteiger partial charge in [0.25, 0.3) is 0 Å². The Morgan fingerprint density at radius 2 is 1.86 bits per heavy atom. The van der Waals surface area contributed by atoms with Crippen LogP contribution in [0.5, 0.6) is 5.75 Å². The molecule has 0 radical (unpaired) electrons.